The number of Topliss-reactive ketones (excluding diaryl/α,β-unsaturated/α-hetero) is 1. The molecule has 0 aromatic heterocycles. The summed E-state index contributed by atoms with van der Waals surface area (Å²) in [4.78, 5) is 11.7. The summed E-state index contributed by atoms with van der Waals surface area (Å²) < 4.78 is 0. The zero-order chi connectivity index (χ0) is 12.3. The molecule has 2 aromatic rings. The quantitative estimate of drug-likeness (QED) is 0.564. The molecule has 0 saturated carbocycles. The molecular formula is C16H14O. The van der Waals surface area contributed by atoms with E-state index in [4.69, 9.17) is 0 Å². The van der Waals surface area contributed by atoms with Crippen LogP contribution in [0.1, 0.15) is 17.3 Å². The fourth-order valence-corrected chi connectivity index (χ4v) is 1.69. The monoisotopic (exact) mass is 222 g/mol. The van der Waals surface area contributed by atoms with Gasteiger partial charge in [-0.05, 0) is 23.6 Å². The number of benzene rings is 2. The normalized spacial score (nSPS) is 9.94. The highest BCUT2D eigenvalue weighted by molar-refractivity contribution is 6.08. The Morgan fingerprint density at radius 3 is 1.94 bits per heavy atom. The molecule has 0 amide bonds. The standard InChI is InChI=1S/C16H14O/c1-12(2)16(17)15-10-8-14(9-11-15)13-6-4-3-5-7-13/h3-11H,1H2,2H3. The molecule has 0 aliphatic rings. The van der Waals surface area contributed by atoms with Crippen molar-refractivity contribution in [2.24, 2.45) is 0 Å². The molecular weight excluding hydrogens is 208 g/mol. The van der Waals surface area contributed by atoms with Gasteiger partial charge in [-0.3, -0.25) is 4.79 Å². The number of allylic oxidation sites excluding steroid dienone is 1. The smallest absolute Gasteiger partial charge is 0.188 e. The number of rotatable bonds is 3. The summed E-state index contributed by atoms with van der Waals surface area (Å²) in [6, 6.07) is 17.7. The molecule has 0 spiro atoms. The second kappa shape index (κ2) is 4.79. The lowest BCUT2D eigenvalue weighted by molar-refractivity contribution is 0.103. The summed E-state index contributed by atoms with van der Waals surface area (Å²) in [5.74, 6) is 0.00427. The Morgan fingerprint density at radius 1 is 0.882 bits per heavy atom. The van der Waals surface area contributed by atoms with Crippen molar-refractivity contribution in [3.63, 3.8) is 0 Å². The third-order valence-corrected chi connectivity index (χ3v) is 2.64. The summed E-state index contributed by atoms with van der Waals surface area (Å²) in [7, 11) is 0. The third-order valence-electron chi connectivity index (χ3n) is 2.64. The largest absolute Gasteiger partial charge is 0.289 e. The summed E-state index contributed by atoms with van der Waals surface area (Å²) in [6.07, 6.45) is 0. The van der Waals surface area contributed by atoms with E-state index in [1.807, 2.05) is 42.5 Å². The van der Waals surface area contributed by atoms with E-state index in [0.29, 0.717) is 11.1 Å². The van der Waals surface area contributed by atoms with Crippen LogP contribution >= 0.6 is 0 Å². The van der Waals surface area contributed by atoms with Gasteiger partial charge in [0.2, 0.25) is 0 Å². The Labute approximate surface area is 101 Å². The van der Waals surface area contributed by atoms with E-state index in [1.165, 1.54) is 0 Å². The van der Waals surface area contributed by atoms with Crippen molar-refractivity contribution in [3.05, 3.63) is 72.3 Å². The van der Waals surface area contributed by atoms with E-state index in [2.05, 4.69) is 18.7 Å². The van der Waals surface area contributed by atoms with Gasteiger partial charge in [-0.15, -0.1) is 0 Å². The molecule has 0 saturated heterocycles. The first-order valence-corrected chi connectivity index (χ1v) is 5.54. The van der Waals surface area contributed by atoms with Crippen LogP contribution in [-0.4, -0.2) is 5.78 Å². The van der Waals surface area contributed by atoms with E-state index in [9.17, 15) is 4.79 Å². The molecule has 0 aliphatic heterocycles. The molecule has 2 rings (SSSR count). The Balaban J connectivity index is 2.31. The van der Waals surface area contributed by atoms with Crippen molar-refractivity contribution in [2.45, 2.75) is 6.92 Å². The first-order valence-electron chi connectivity index (χ1n) is 5.54. The maximum atomic E-state index is 11.7. The second-order valence-corrected chi connectivity index (χ2v) is 4.05. The molecule has 1 nitrogen and oxygen atoms in total. The lowest BCUT2D eigenvalue weighted by Crippen LogP contribution is -1.98. The Morgan fingerprint density at radius 2 is 1.41 bits per heavy atom. The lowest BCUT2D eigenvalue weighted by Gasteiger charge is -2.03. The predicted octanol–water partition coefficient (Wildman–Crippen LogP) is 4.11. The molecule has 0 heterocycles. The number of carbonyl (C=O) groups excluding carboxylic acids is 1. The van der Waals surface area contributed by atoms with Crippen molar-refractivity contribution >= 4 is 5.78 Å². The van der Waals surface area contributed by atoms with Crippen LogP contribution < -0.4 is 0 Å². The van der Waals surface area contributed by atoms with Crippen LogP contribution in [0.25, 0.3) is 11.1 Å². The molecule has 0 aliphatic carbocycles. The summed E-state index contributed by atoms with van der Waals surface area (Å²) >= 11 is 0. The van der Waals surface area contributed by atoms with E-state index in [1.54, 1.807) is 6.92 Å². The highest BCUT2D eigenvalue weighted by atomic mass is 16.1. The molecule has 1 heteroatoms. The van der Waals surface area contributed by atoms with Crippen molar-refractivity contribution in [1.29, 1.82) is 0 Å². The Bertz CT molecular complexity index is 535. The summed E-state index contributed by atoms with van der Waals surface area (Å²) in [5.41, 5.74) is 3.53. The lowest BCUT2D eigenvalue weighted by atomic mass is 10.0. The van der Waals surface area contributed by atoms with Crippen LogP contribution in [0.4, 0.5) is 0 Å². The van der Waals surface area contributed by atoms with E-state index in [0.717, 1.165) is 11.1 Å². The Hall–Kier alpha value is -2.15. The van der Waals surface area contributed by atoms with Gasteiger partial charge in [0.25, 0.3) is 0 Å². The van der Waals surface area contributed by atoms with Crippen molar-refractivity contribution in [1.82, 2.24) is 0 Å². The predicted molar refractivity (Wildman–Crippen MR) is 71.0 cm³/mol. The fraction of sp³-hybridized carbons (Fsp3) is 0.0625. The van der Waals surface area contributed by atoms with Crippen LogP contribution in [0.2, 0.25) is 0 Å². The molecule has 0 bridgehead atoms. The van der Waals surface area contributed by atoms with Gasteiger partial charge in [0.05, 0.1) is 0 Å². The SMILES string of the molecule is C=C(C)C(=O)c1ccc(-c2ccccc2)cc1. The fourth-order valence-electron chi connectivity index (χ4n) is 1.69. The van der Waals surface area contributed by atoms with Crippen LogP contribution in [0.15, 0.2) is 66.7 Å². The van der Waals surface area contributed by atoms with Crippen LogP contribution in [0.3, 0.4) is 0 Å². The van der Waals surface area contributed by atoms with Crippen LogP contribution in [0.5, 0.6) is 0 Å². The molecule has 0 unspecified atom stereocenters. The number of hydrogen-bond acceptors (Lipinski definition) is 1. The molecule has 0 fully saturated rings. The maximum absolute atomic E-state index is 11.7. The molecule has 0 radical (unpaired) electrons. The van der Waals surface area contributed by atoms with Gasteiger partial charge in [0.15, 0.2) is 5.78 Å². The maximum Gasteiger partial charge on any atom is 0.188 e. The number of hydrogen-bond donors (Lipinski definition) is 0. The minimum Gasteiger partial charge on any atom is -0.289 e. The number of carbonyl (C=O) groups is 1. The highest BCUT2D eigenvalue weighted by Gasteiger charge is 2.06. The minimum absolute atomic E-state index is 0.00427. The van der Waals surface area contributed by atoms with Crippen molar-refractivity contribution < 1.29 is 4.79 Å². The van der Waals surface area contributed by atoms with Crippen LogP contribution in [-0.2, 0) is 0 Å². The second-order valence-electron chi connectivity index (χ2n) is 4.05. The van der Waals surface area contributed by atoms with Gasteiger partial charge in [0, 0.05) is 5.56 Å². The highest BCUT2D eigenvalue weighted by Crippen LogP contribution is 2.19. The van der Waals surface area contributed by atoms with Gasteiger partial charge in [0.1, 0.15) is 0 Å². The minimum atomic E-state index is 0.00427. The first kappa shape index (κ1) is 11.3. The van der Waals surface area contributed by atoms with E-state index < -0.39 is 0 Å². The number of ketones is 1. The average molecular weight is 222 g/mol. The van der Waals surface area contributed by atoms with Crippen LogP contribution in [0, 0.1) is 0 Å². The zero-order valence-corrected chi connectivity index (χ0v) is 9.81. The van der Waals surface area contributed by atoms with Gasteiger partial charge in [-0.1, -0.05) is 61.2 Å². The molecule has 17 heavy (non-hydrogen) atoms. The summed E-state index contributed by atoms with van der Waals surface area (Å²) in [6.45, 7) is 5.39. The molecule has 0 N–H and O–H groups in total. The average Bonchev–Trinajstić information content (AvgIpc) is 2.39. The molecule has 2 aromatic carbocycles. The van der Waals surface area contributed by atoms with Gasteiger partial charge >= 0.3 is 0 Å². The zero-order valence-electron chi connectivity index (χ0n) is 9.81. The van der Waals surface area contributed by atoms with Gasteiger partial charge in [-0.25, -0.2) is 0 Å². The summed E-state index contributed by atoms with van der Waals surface area (Å²) in [5, 5.41) is 0. The van der Waals surface area contributed by atoms with E-state index in [-0.39, 0.29) is 5.78 Å². The van der Waals surface area contributed by atoms with E-state index >= 15 is 0 Å². The van der Waals surface area contributed by atoms with Crippen molar-refractivity contribution in [2.75, 3.05) is 0 Å². The Kier molecular flexibility index (Phi) is 3.20. The third kappa shape index (κ3) is 2.51. The topological polar surface area (TPSA) is 17.1 Å². The molecule has 84 valence electrons. The van der Waals surface area contributed by atoms with Gasteiger partial charge in [-0.2, -0.15) is 0 Å². The molecule has 0 atom stereocenters. The first-order chi connectivity index (χ1) is 8.18. The van der Waals surface area contributed by atoms with Gasteiger partial charge < -0.3 is 0 Å². The van der Waals surface area contributed by atoms with Crippen molar-refractivity contribution in [3.8, 4) is 11.1 Å².